The topological polar surface area (TPSA) is 12.0 Å². The number of rotatable bonds is 10. The highest BCUT2D eigenvalue weighted by molar-refractivity contribution is 9.10. The van der Waals surface area contributed by atoms with Gasteiger partial charge in [0.25, 0.3) is 0 Å². The molecule has 21 heavy (non-hydrogen) atoms. The number of hydrogen-bond acceptors (Lipinski definition) is 1. The van der Waals surface area contributed by atoms with E-state index < -0.39 is 0 Å². The Kier molecular flexibility index (Phi) is 9.62. The lowest BCUT2D eigenvalue weighted by atomic mass is 9.86. The van der Waals surface area contributed by atoms with E-state index in [0.717, 1.165) is 28.4 Å². The monoisotopic (exact) mass is 373 g/mol. The smallest absolute Gasteiger partial charge is 0.0449 e. The number of benzene rings is 1. The van der Waals surface area contributed by atoms with Crippen molar-refractivity contribution < 1.29 is 0 Å². The van der Waals surface area contributed by atoms with Crippen LogP contribution in [0.4, 0.5) is 0 Å². The Bertz CT molecular complexity index is 402. The minimum Gasteiger partial charge on any atom is -0.313 e. The molecule has 1 N–H and O–H groups in total. The predicted molar refractivity (Wildman–Crippen MR) is 98.2 cm³/mol. The van der Waals surface area contributed by atoms with Crippen molar-refractivity contribution in [1.29, 1.82) is 0 Å². The molecule has 0 fully saturated rings. The molecule has 0 aliphatic carbocycles. The van der Waals surface area contributed by atoms with E-state index in [1.807, 2.05) is 6.07 Å². The second-order valence-electron chi connectivity index (χ2n) is 5.84. The Morgan fingerprint density at radius 2 is 1.76 bits per heavy atom. The SMILES string of the molecule is CCCNC(Cc1ccc(Br)cc1Cl)C(CCC)CCC. The van der Waals surface area contributed by atoms with E-state index in [9.17, 15) is 0 Å². The van der Waals surface area contributed by atoms with Gasteiger partial charge in [0.05, 0.1) is 0 Å². The van der Waals surface area contributed by atoms with Crippen molar-refractivity contribution in [2.24, 2.45) is 5.92 Å². The van der Waals surface area contributed by atoms with E-state index >= 15 is 0 Å². The summed E-state index contributed by atoms with van der Waals surface area (Å²) in [7, 11) is 0. The summed E-state index contributed by atoms with van der Waals surface area (Å²) in [6.45, 7) is 7.88. The molecule has 0 saturated heterocycles. The highest BCUT2D eigenvalue weighted by atomic mass is 79.9. The molecule has 1 rings (SSSR count). The van der Waals surface area contributed by atoms with Crippen molar-refractivity contribution in [3.63, 3.8) is 0 Å². The number of halogens is 2. The van der Waals surface area contributed by atoms with E-state index in [0.29, 0.717) is 6.04 Å². The molecule has 0 radical (unpaired) electrons. The average Bonchev–Trinajstić information content (AvgIpc) is 2.45. The maximum atomic E-state index is 6.41. The van der Waals surface area contributed by atoms with Crippen LogP contribution in [0.25, 0.3) is 0 Å². The zero-order chi connectivity index (χ0) is 15.7. The molecule has 1 atom stereocenters. The summed E-state index contributed by atoms with van der Waals surface area (Å²) in [4.78, 5) is 0. The van der Waals surface area contributed by atoms with Gasteiger partial charge in [-0.05, 0) is 55.8 Å². The third-order valence-corrected chi connectivity index (χ3v) is 4.84. The maximum Gasteiger partial charge on any atom is 0.0449 e. The van der Waals surface area contributed by atoms with Crippen molar-refractivity contribution in [3.05, 3.63) is 33.3 Å². The van der Waals surface area contributed by atoms with Crippen LogP contribution in [0.2, 0.25) is 5.02 Å². The Labute approximate surface area is 144 Å². The maximum absolute atomic E-state index is 6.41. The van der Waals surface area contributed by atoms with Gasteiger partial charge in [-0.1, -0.05) is 67.2 Å². The van der Waals surface area contributed by atoms with Gasteiger partial charge in [-0.15, -0.1) is 0 Å². The number of hydrogen-bond donors (Lipinski definition) is 1. The summed E-state index contributed by atoms with van der Waals surface area (Å²) in [5.74, 6) is 0.742. The fraction of sp³-hybridized carbons (Fsp3) is 0.667. The molecule has 1 nitrogen and oxygen atoms in total. The lowest BCUT2D eigenvalue weighted by molar-refractivity contribution is 0.309. The lowest BCUT2D eigenvalue weighted by Gasteiger charge is -2.28. The highest BCUT2D eigenvalue weighted by Crippen LogP contribution is 2.26. The standard InChI is InChI=1S/C18H29BrClN/c1-4-7-14(8-5-2)18(21-11-6-3)12-15-9-10-16(19)13-17(15)20/h9-10,13-14,18,21H,4-8,11-12H2,1-3H3. The van der Waals surface area contributed by atoms with E-state index in [1.54, 1.807) is 0 Å². The van der Waals surface area contributed by atoms with Crippen LogP contribution >= 0.6 is 27.5 Å². The third kappa shape index (κ3) is 6.71. The second kappa shape index (κ2) is 10.6. The van der Waals surface area contributed by atoms with Gasteiger partial charge in [0, 0.05) is 15.5 Å². The van der Waals surface area contributed by atoms with Crippen molar-refractivity contribution in [2.75, 3.05) is 6.54 Å². The largest absolute Gasteiger partial charge is 0.313 e. The third-order valence-electron chi connectivity index (χ3n) is 4.00. The molecule has 1 unspecified atom stereocenters. The first-order valence-electron chi connectivity index (χ1n) is 8.29. The van der Waals surface area contributed by atoms with Gasteiger partial charge in [0.1, 0.15) is 0 Å². The van der Waals surface area contributed by atoms with E-state index in [4.69, 9.17) is 11.6 Å². The van der Waals surface area contributed by atoms with Crippen LogP contribution in [0.15, 0.2) is 22.7 Å². The molecule has 120 valence electrons. The Morgan fingerprint density at radius 3 is 2.29 bits per heavy atom. The quantitative estimate of drug-likeness (QED) is 0.512. The van der Waals surface area contributed by atoms with E-state index in [2.05, 4.69) is 54.2 Å². The van der Waals surface area contributed by atoms with Gasteiger partial charge < -0.3 is 5.32 Å². The van der Waals surface area contributed by atoms with E-state index in [1.165, 1.54) is 37.7 Å². The summed E-state index contributed by atoms with van der Waals surface area (Å²) in [6.07, 6.45) is 7.30. The van der Waals surface area contributed by atoms with Crippen LogP contribution in [-0.4, -0.2) is 12.6 Å². The van der Waals surface area contributed by atoms with Crippen LogP contribution in [0, 0.1) is 5.92 Å². The summed E-state index contributed by atoms with van der Waals surface area (Å²) in [6, 6.07) is 6.78. The molecule has 0 heterocycles. The van der Waals surface area contributed by atoms with Crippen molar-refractivity contribution in [1.82, 2.24) is 5.32 Å². The molecule has 0 spiro atoms. The van der Waals surface area contributed by atoms with E-state index in [-0.39, 0.29) is 0 Å². The summed E-state index contributed by atoms with van der Waals surface area (Å²) >= 11 is 9.89. The molecule has 0 aromatic heterocycles. The van der Waals surface area contributed by atoms with Crippen LogP contribution < -0.4 is 5.32 Å². The summed E-state index contributed by atoms with van der Waals surface area (Å²) < 4.78 is 1.05. The molecule has 0 bridgehead atoms. The van der Waals surface area contributed by atoms with Crippen LogP contribution in [0.3, 0.4) is 0 Å². The molecular formula is C18H29BrClN. The molecule has 0 saturated carbocycles. The first-order valence-corrected chi connectivity index (χ1v) is 9.46. The van der Waals surface area contributed by atoms with Crippen LogP contribution in [0.5, 0.6) is 0 Å². The lowest BCUT2D eigenvalue weighted by Crippen LogP contribution is -2.38. The number of nitrogens with one attached hydrogen (secondary N) is 1. The summed E-state index contributed by atoms with van der Waals surface area (Å²) in [5.41, 5.74) is 1.26. The molecular weight excluding hydrogens is 346 g/mol. The summed E-state index contributed by atoms with van der Waals surface area (Å²) in [5, 5.41) is 4.63. The predicted octanol–water partition coefficient (Wildman–Crippen LogP) is 6.23. The Balaban J connectivity index is 2.84. The average molecular weight is 375 g/mol. The van der Waals surface area contributed by atoms with Gasteiger partial charge >= 0.3 is 0 Å². The van der Waals surface area contributed by atoms with Gasteiger partial charge in [-0.2, -0.15) is 0 Å². The Morgan fingerprint density at radius 1 is 1.10 bits per heavy atom. The van der Waals surface area contributed by atoms with Gasteiger partial charge in [0.2, 0.25) is 0 Å². The van der Waals surface area contributed by atoms with Gasteiger partial charge in [-0.25, -0.2) is 0 Å². The fourth-order valence-corrected chi connectivity index (χ4v) is 3.70. The van der Waals surface area contributed by atoms with Crippen LogP contribution in [-0.2, 0) is 6.42 Å². The van der Waals surface area contributed by atoms with Crippen molar-refractivity contribution in [2.45, 2.75) is 65.3 Å². The first-order chi connectivity index (χ1) is 10.1. The zero-order valence-electron chi connectivity index (χ0n) is 13.6. The molecule has 0 amide bonds. The second-order valence-corrected chi connectivity index (χ2v) is 7.16. The zero-order valence-corrected chi connectivity index (χ0v) is 15.9. The molecule has 1 aromatic rings. The first kappa shape index (κ1) is 19.0. The molecule has 0 aliphatic heterocycles. The van der Waals surface area contributed by atoms with Gasteiger partial charge in [0.15, 0.2) is 0 Å². The fourth-order valence-electron chi connectivity index (χ4n) is 2.95. The minimum atomic E-state index is 0.531. The van der Waals surface area contributed by atoms with Crippen LogP contribution in [0.1, 0.15) is 58.4 Å². The highest BCUT2D eigenvalue weighted by Gasteiger charge is 2.20. The molecule has 0 aliphatic rings. The molecule has 3 heteroatoms. The Hall–Kier alpha value is -0.0500. The molecule has 1 aromatic carbocycles. The van der Waals surface area contributed by atoms with Gasteiger partial charge in [-0.3, -0.25) is 0 Å². The normalized spacial score (nSPS) is 12.9. The van der Waals surface area contributed by atoms with Crippen molar-refractivity contribution in [3.8, 4) is 0 Å². The van der Waals surface area contributed by atoms with Crippen molar-refractivity contribution >= 4 is 27.5 Å². The minimum absolute atomic E-state index is 0.531.